The second kappa shape index (κ2) is 9.64. The lowest BCUT2D eigenvalue weighted by Crippen LogP contribution is -2.57. The van der Waals surface area contributed by atoms with E-state index in [9.17, 15) is 9.50 Å². The number of aliphatic hydroxyl groups is 1. The van der Waals surface area contributed by atoms with Crippen molar-refractivity contribution in [2.24, 2.45) is 11.3 Å². The van der Waals surface area contributed by atoms with Crippen LogP contribution in [-0.2, 0) is 5.54 Å². The van der Waals surface area contributed by atoms with Gasteiger partial charge in [-0.05, 0) is 89.2 Å². The molecule has 196 valence electrons. The number of rotatable bonds is 5. The van der Waals surface area contributed by atoms with Gasteiger partial charge in [-0.25, -0.2) is 12.9 Å². The quantitative estimate of drug-likeness (QED) is 0.187. The third-order valence-corrected chi connectivity index (χ3v) is 9.08. The van der Waals surface area contributed by atoms with Crippen molar-refractivity contribution in [2.45, 2.75) is 79.1 Å². The number of likely N-dealkylation sites (tertiary alicyclic amines) is 1. The molecule has 0 saturated carbocycles. The average Bonchev–Trinajstić information content (AvgIpc) is 3.19. The molecule has 3 unspecified atom stereocenters. The van der Waals surface area contributed by atoms with Gasteiger partial charge in [0.2, 0.25) is 0 Å². The highest BCUT2D eigenvalue weighted by atomic mass is 127. The molecule has 1 aliphatic heterocycles. The first-order valence-electron chi connectivity index (χ1n) is 12.8. The van der Waals surface area contributed by atoms with Crippen molar-refractivity contribution >= 4 is 33.9 Å². The van der Waals surface area contributed by atoms with Crippen LogP contribution in [0.1, 0.15) is 72.2 Å². The molecule has 5 nitrogen and oxygen atoms in total. The third kappa shape index (κ3) is 5.08. The maximum Gasteiger partial charge on any atom is 0.141 e. The zero-order chi connectivity index (χ0) is 26.6. The van der Waals surface area contributed by atoms with E-state index in [-0.39, 0.29) is 28.7 Å². The van der Waals surface area contributed by atoms with Crippen molar-refractivity contribution in [3.05, 3.63) is 53.6 Å². The lowest BCUT2D eigenvalue weighted by molar-refractivity contribution is -0.0972. The Morgan fingerprint density at radius 1 is 1.19 bits per heavy atom. The maximum absolute atomic E-state index is 14.4. The Kier molecular flexibility index (Phi) is 7.36. The molecule has 0 spiro atoms. The number of halogens is 2. The summed E-state index contributed by atoms with van der Waals surface area (Å²) in [5.41, 5.74) is 3.33. The first-order valence-corrected chi connectivity index (χ1v) is 13.9. The number of hydrogen-bond acceptors (Lipinski definition) is 4. The molecule has 3 aromatic rings. The summed E-state index contributed by atoms with van der Waals surface area (Å²) in [7, 11) is 0. The van der Waals surface area contributed by atoms with Crippen LogP contribution in [0.4, 0.5) is 4.39 Å². The first kappa shape index (κ1) is 27.5. The summed E-state index contributed by atoms with van der Waals surface area (Å²) in [6, 6.07) is 9.85. The summed E-state index contributed by atoms with van der Waals surface area (Å²) in [6.45, 7) is 18.7. The molecule has 0 amide bonds. The number of benzene rings is 1. The Balaban J connectivity index is 1.71. The van der Waals surface area contributed by atoms with Crippen LogP contribution in [-0.4, -0.2) is 38.4 Å². The van der Waals surface area contributed by atoms with E-state index >= 15 is 0 Å². The average molecular weight is 607 g/mol. The molecular weight excluding hydrogens is 566 g/mol. The second-order valence-electron chi connectivity index (χ2n) is 12.4. The van der Waals surface area contributed by atoms with Crippen LogP contribution < -0.4 is 3.53 Å². The topological polar surface area (TPSA) is 53.3 Å². The Morgan fingerprint density at radius 3 is 2.47 bits per heavy atom. The van der Waals surface area contributed by atoms with E-state index in [1.807, 2.05) is 19.1 Å². The third-order valence-electron chi connectivity index (χ3n) is 7.98. The van der Waals surface area contributed by atoms with Crippen molar-refractivity contribution in [1.29, 1.82) is 0 Å². The monoisotopic (exact) mass is 606 g/mol. The van der Waals surface area contributed by atoms with Gasteiger partial charge in [0.05, 0.1) is 5.69 Å². The van der Waals surface area contributed by atoms with Gasteiger partial charge in [-0.1, -0.05) is 26.0 Å². The molecule has 0 aliphatic carbocycles. The number of nitrogens with zero attached hydrogens (tertiary/aromatic N) is 3. The van der Waals surface area contributed by atoms with Gasteiger partial charge in [-0.3, -0.25) is 4.90 Å². The highest BCUT2D eigenvalue weighted by Gasteiger charge is 2.46. The number of piperidine rings is 1. The molecule has 3 atom stereocenters. The fourth-order valence-corrected chi connectivity index (χ4v) is 6.25. The summed E-state index contributed by atoms with van der Waals surface area (Å²) < 4.78 is 19.7. The van der Waals surface area contributed by atoms with Gasteiger partial charge >= 0.3 is 0 Å². The molecule has 1 aromatic carbocycles. The number of aryl methyl sites for hydroxylation is 1. The second-order valence-corrected chi connectivity index (χ2v) is 12.9. The number of pyridine rings is 1. The van der Waals surface area contributed by atoms with Gasteiger partial charge in [-0.2, -0.15) is 0 Å². The zero-order valence-electron chi connectivity index (χ0n) is 22.8. The van der Waals surface area contributed by atoms with Crippen molar-refractivity contribution in [3.8, 4) is 11.1 Å². The summed E-state index contributed by atoms with van der Waals surface area (Å²) >= 11 is 2.06. The Labute approximate surface area is 229 Å². The predicted octanol–water partition coefficient (Wildman–Crippen LogP) is 6.96. The molecule has 2 aromatic heterocycles. The molecule has 0 bridgehead atoms. The molecule has 3 heterocycles. The molecule has 1 aliphatic rings. The van der Waals surface area contributed by atoms with Crippen molar-refractivity contribution in [2.75, 3.05) is 13.1 Å². The van der Waals surface area contributed by atoms with Crippen LogP contribution in [0.15, 0.2) is 36.5 Å². The van der Waals surface area contributed by atoms with E-state index < -0.39 is 5.72 Å². The first-order chi connectivity index (χ1) is 16.7. The van der Waals surface area contributed by atoms with Gasteiger partial charge in [0.25, 0.3) is 0 Å². The van der Waals surface area contributed by atoms with Crippen molar-refractivity contribution < 1.29 is 9.50 Å². The smallest absolute Gasteiger partial charge is 0.141 e. The van der Waals surface area contributed by atoms with Gasteiger partial charge in [0, 0.05) is 64.1 Å². The molecule has 1 saturated heterocycles. The molecule has 1 fully saturated rings. The van der Waals surface area contributed by atoms with E-state index in [2.05, 4.69) is 95.7 Å². The van der Waals surface area contributed by atoms with E-state index in [0.29, 0.717) is 5.56 Å². The number of nitrogens with one attached hydrogen (secondary N) is 1. The van der Waals surface area contributed by atoms with Crippen LogP contribution in [0, 0.1) is 24.1 Å². The molecule has 7 heteroatoms. The minimum Gasteiger partial charge on any atom is -0.375 e. The van der Waals surface area contributed by atoms with Crippen molar-refractivity contribution in [1.82, 2.24) is 18.0 Å². The van der Waals surface area contributed by atoms with Gasteiger partial charge in [-0.15, -0.1) is 0 Å². The summed E-state index contributed by atoms with van der Waals surface area (Å²) in [5.74, 6) is -0.0403. The van der Waals surface area contributed by atoms with E-state index in [4.69, 9.17) is 4.98 Å². The predicted molar refractivity (Wildman–Crippen MR) is 155 cm³/mol. The fraction of sp³-hybridized carbons (Fsp3) is 0.552. The minimum absolute atomic E-state index is 0.0629. The summed E-state index contributed by atoms with van der Waals surface area (Å²) in [4.78, 5) is 7.68. The van der Waals surface area contributed by atoms with E-state index in [1.165, 1.54) is 0 Å². The van der Waals surface area contributed by atoms with Crippen molar-refractivity contribution in [3.63, 3.8) is 0 Å². The lowest BCUT2D eigenvalue weighted by Gasteiger charge is -2.50. The largest absolute Gasteiger partial charge is 0.375 e. The van der Waals surface area contributed by atoms with Crippen LogP contribution >= 0.6 is 22.9 Å². The standard InChI is InChI=1S/C29H40FIN4O/c1-18-9-10-20(15-23(18)30)22-16-35(27(3,4)5)26-21(22)11-12-24(32-26)19(2)34-14-13-25(28(6,7)17-34)29(8,36)33-31/h9-12,15-16,19,25,33,36H,13-14,17H2,1-8H3. The molecule has 4 rings (SSSR count). The number of aromatic nitrogens is 2. The van der Waals surface area contributed by atoms with Gasteiger partial charge in [0.1, 0.15) is 17.2 Å². The molecule has 0 radical (unpaired) electrons. The Bertz CT molecular complexity index is 1260. The lowest BCUT2D eigenvalue weighted by atomic mass is 9.69. The highest BCUT2D eigenvalue weighted by molar-refractivity contribution is 14.1. The SMILES string of the molecule is Cc1ccc(-c2cn(C(C)(C)C)c3nc(C(C)N4CCC(C(C)(O)NI)C(C)(C)C4)ccc23)cc1F. The van der Waals surface area contributed by atoms with Crippen LogP contribution in [0.5, 0.6) is 0 Å². The van der Waals surface area contributed by atoms with E-state index in [0.717, 1.165) is 47.4 Å². The molecule has 2 N–H and O–H groups in total. The van der Waals surface area contributed by atoms with Crippen LogP contribution in [0.25, 0.3) is 22.2 Å². The van der Waals surface area contributed by atoms with Crippen LogP contribution in [0.2, 0.25) is 0 Å². The summed E-state index contributed by atoms with van der Waals surface area (Å²) in [5, 5.41) is 11.9. The fourth-order valence-electron chi connectivity index (χ4n) is 5.87. The molecular formula is C29H40FIN4O. The van der Waals surface area contributed by atoms with E-state index in [1.54, 1.807) is 13.0 Å². The zero-order valence-corrected chi connectivity index (χ0v) is 24.9. The minimum atomic E-state index is -0.907. The highest BCUT2D eigenvalue weighted by Crippen LogP contribution is 2.43. The van der Waals surface area contributed by atoms with Gasteiger partial charge in [0.15, 0.2) is 0 Å². The number of fused-ring (bicyclic) bond motifs is 1. The summed E-state index contributed by atoms with van der Waals surface area (Å²) in [6.07, 6.45) is 3.02. The molecule has 36 heavy (non-hydrogen) atoms. The van der Waals surface area contributed by atoms with Crippen LogP contribution in [0.3, 0.4) is 0 Å². The maximum atomic E-state index is 14.4. The number of hydrogen-bond donors (Lipinski definition) is 2. The Hall–Kier alpha value is -1.55. The van der Waals surface area contributed by atoms with Gasteiger partial charge < -0.3 is 9.67 Å². The normalized spacial score (nSPS) is 21.5. The Morgan fingerprint density at radius 2 is 1.89 bits per heavy atom.